The SMILES string of the molecule is Cn1nccc1N1CCC[C@@H](N)C1. The Hall–Kier alpha value is -1.03. The maximum absolute atomic E-state index is 5.91. The van der Waals surface area contributed by atoms with Crippen molar-refractivity contribution in [2.75, 3.05) is 18.0 Å². The van der Waals surface area contributed by atoms with Crippen molar-refractivity contribution < 1.29 is 0 Å². The quantitative estimate of drug-likeness (QED) is 0.678. The van der Waals surface area contributed by atoms with Gasteiger partial charge in [0, 0.05) is 32.2 Å². The largest absolute Gasteiger partial charge is 0.355 e. The topological polar surface area (TPSA) is 47.1 Å². The molecule has 1 fully saturated rings. The first-order chi connectivity index (χ1) is 6.27. The first-order valence-corrected chi connectivity index (χ1v) is 4.76. The molecular weight excluding hydrogens is 164 g/mol. The fourth-order valence-electron chi connectivity index (χ4n) is 1.90. The smallest absolute Gasteiger partial charge is 0.126 e. The maximum Gasteiger partial charge on any atom is 0.126 e. The Bertz CT molecular complexity index is 281. The van der Waals surface area contributed by atoms with E-state index in [0.29, 0.717) is 6.04 Å². The number of hydrogen-bond donors (Lipinski definition) is 1. The zero-order valence-corrected chi connectivity index (χ0v) is 7.98. The molecule has 1 aromatic heterocycles. The second-order valence-corrected chi connectivity index (χ2v) is 3.66. The van der Waals surface area contributed by atoms with Crippen LogP contribution in [0.1, 0.15) is 12.8 Å². The van der Waals surface area contributed by atoms with Crippen LogP contribution < -0.4 is 10.6 Å². The maximum atomic E-state index is 5.91. The van der Waals surface area contributed by atoms with Gasteiger partial charge in [0.25, 0.3) is 0 Å². The Morgan fingerprint density at radius 2 is 2.46 bits per heavy atom. The van der Waals surface area contributed by atoms with Crippen LogP contribution in [0.2, 0.25) is 0 Å². The van der Waals surface area contributed by atoms with Crippen molar-refractivity contribution in [2.45, 2.75) is 18.9 Å². The van der Waals surface area contributed by atoms with Crippen molar-refractivity contribution in [1.82, 2.24) is 9.78 Å². The molecule has 72 valence electrons. The molecule has 0 bridgehead atoms. The van der Waals surface area contributed by atoms with Gasteiger partial charge in [-0.3, -0.25) is 4.68 Å². The number of anilines is 1. The molecule has 2 heterocycles. The lowest BCUT2D eigenvalue weighted by Crippen LogP contribution is -2.43. The van der Waals surface area contributed by atoms with Crippen LogP contribution in [-0.2, 0) is 7.05 Å². The van der Waals surface area contributed by atoms with E-state index in [1.165, 1.54) is 12.2 Å². The van der Waals surface area contributed by atoms with Crippen LogP contribution in [0.25, 0.3) is 0 Å². The molecule has 1 aliphatic rings. The number of nitrogens with two attached hydrogens (primary N) is 1. The van der Waals surface area contributed by atoms with E-state index in [2.05, 4.69) is 10.00 Å². The van der Waals surface area contributed by atoms with Gasteiger partial charge in [-0.05, 0) is 12.8 Å². The molecule has 1 aliphatic heterocycles. The lowest BCUT2D eigenvalue weighted by Gasteiger charge is -2.32. The standard InChI is InChI=1S/C9H16N4/c1-12-9(4-5-11-12)13-6-2-3-8(10)7-13/h4-5,8H,2-3,6-7,10H2,1H3/t8-/m1/s1. The fourth-order valence-corrected chi connectivity index (χ4v) is 1.90. The van der Waals surface area contributed by atoms with Crippen molar-refractivity contribution in [1.29, 1.82) is 0 Å². The molecule has 1 saturated heterocycles. The minimum atomic E-state index is 0.323. The Morgan fingerprint density at radius 3 is 3.08 bits per heavy atom. The van der Waals surface area contributed by atoms with Crippen LogP contribution in [-0.4, -0.2) is 28.9 Å². The lowest BCUT2D eigenvalue weighted by molar-refractivity contribution is 0.497. The Labute approximate surface area is 78.3 Å². The van der Waals surface area contributed by atoms with Gasteiger partial charge in [0.15, 0.2) is 0 Å². The van der Waals surface area contributed by atoms with Crippen LogP contribution in [0.15, 0.2) is 12.3 Å². The van der Waals surface area contributed by atoms with Gasteiger partial charge in [0.1, 0.15) is 5.82 Å². The molecule has 0 amide bonds. The molecule has 0 aliphatic carbocycles. The molecule has 4 nitrogen and oxygen atoms in total. The van der Waals surface area contributed by atoms with Gasteiger partial charge in [-0.2, -0.15) is 5.10 Å². The summed E-state index contributed by atoms with van der Waals surface area (Å²) in [6.07, 6.45) is 4.16. The highest BCUT2D eigenvalue weighted by Gasteiger charge is 2.18. The molecule has 2 rings (SSSR count). The third-order valence-corrected chi connectivity index (χ3v) is 2.58. The zero-order chi connectivity index (χ0) is 9.26. The van der Waals surface area contributed by atoms with Crippen LogP contribution in [0.5, 0.6) is 0 Å². The Morgan fingerprint density at radius 1 is 1.62 bits per heavy atom. The summed E-state index contributed by atoms with van der Waals surface area (Å²) >= 11 is 0. The first kappa shape index (κ1) is 8.56. The summed E-state index contributed by atoms with van der Waals surface area (Å²) in [7, 11) is 1.97. The van der Waals surface area contributed by atoms with Gasteiger partial charge in [-0.25, -0.2) is 0 Å². The Kier molecular flexibility index (Phi) is 2.22. The summed E-state index contributed by atoms with van der Waals surface area (Å²) in [5.41, 5.74) is 5.91. The van der Waals surface area contributed by atoms with Gasteiger partial charge in [0.05, 0.1) is 6.20 Å². The minimum absolute atomic E-state index is 0.323. The molecule has 1 aromatic rings. The second kappa shape index (κ2) is 3.38. The molecule has 13 heavy (non-hydrogen) atoms. The molecule has 0 radical (unpaired) electrons. The van der Waals surface area contributed by atoms with Crippen molar-refractivity contribution in [2.24, 2.45) is 12.8 Å². The monoisotopic (exact) mass is 180 g/mol. The van der Waals surface area contributed by atoms with Crippen molar-refractivity contribution in [3.05, 3.63) is 12.3 Å². The number of aromatic nitrogens is 2. The van der Waals surface area contributed by atoms with Crippen LogP contribution in [0, 0.1) is 0 Å². The van der Waals surface area contributed by atoms with Gasteiger partial charge < -0.3 is 10.6 Å². The minimum Gasteiger partial charge on any atom is -0.355 e. The summed E-state index contributed by atoms with van der Waals surface area (Å²) in [6.45, 7) is 2.06. The van der Waals surface area contributed by atoms with E-state index in [1.54, 1.807) is 0 Å². The zero-order valence-electron chi connectivity index (χ0n) is 7.98. The number of rotatable bonds is 1. The molecule has 0 aromatic carbocycles. The van der Waals surface area contributed by atoms with Crippen LogP contribution >= 0.6 is 0 Å². The number of aryl methyl sites for hydroxylation is 1. The van der Waals surface area contributed by atoms with Crippen molar-refractivity contribution in [3.63, 3.8) is 0 Å². The van der Waals surface area contributed by atoms with E-state index in [1.807, 2.05) is 24.0 Å². The molecule has 2 N–H and O–H groups in total. The molecule has 4 heteroatoms. The molecule has 1 atom stereocenters. The summed E-state index contributed by atoms with van der Waals surface area (Å²) < 4.78 is 1.90. The van der Waals surface area contributed by atoms with Crippen molar-refractivity contribution in [3.8, 4) is 0 Å². The highest BCUT2D eigenvalue weighted by molar-refractivity contribution is 5.38. The van der Waals surface area contributed by atoms with Gasteiger partial charge in [0.2, 0.25) is 0 Å². The lowest BCUT2D eigenvalue weighted by atomic mass is 10.1. The first-order valence-electron chi connectivity index (χ1n) is 4.76. The summed E-state index contributed by atoms with van der Waals surface area (Å²) in [5.74, 6) is 1.18. The number of piperidine rings is 1. The Balaban J connectivity index is 2.12. The van der Waals surface area contributed by atoms with Crippen LogP contribution in [0.4, 0.5) is 5.82 Å². The number of nitrogens with zero attached hydrogens (tertiary/aromatic N) is 3. The predicted octanol–water partition coefficient (Wildman–Crippen LogP) is 0.348. The fraction of sp³-hybridized carbons (Fsp3) is 0.667. The van der Waals surface area contributed by atoms with E-state index in [9.17, 15) is 0 Å². The van der Waals surface area contributed by atoms with E-state index in [4.69, 9.17) is 5.73 Å². The summed E-state index contributed by atoms with van der Waals surface area (Å²) in [6, 6.07) is 2.36. The molecule has 0 spiro atoms. The summed E-state index contributed by atoms with van der Waals surface area (Å²) in [5, 5.41) is 4.15. The third kappa shape index (κ3) is 1.67. The average molecular weight is 180 g/mol. The summed E-state index contributed by atoms with van der Waals surface area (Å²) in [4.78, 5) is 2.31. The van der Waals surface area contributed by atoms with Gasteiger partial charge in [-0.1, -0.05) is 0 Å². The molecule has 0 saturated carbocycles. The normalized spacial score (nSPS) is 23.5. The molecular formula is C9H16N4. The van der Waals surface area contributed by atoms with Gasteiger partial charge >= 0.3 is 0 Å². The van der Waals surface area contributed by atoms with E-state index < -0.39 is 0 Å². The second-order valence-electron chi connectivity index (χ2n) is 3.66. The molecule has 0 unspecified atom stereocenters. The van der Waals surface area contributed by atoms with Gasteiger partial charge in [-0.15, -0.1) is 0 Å². The highest BCUT2D eigenvalue weighted by Crippen LogP contribution is 2.17. The van der Waals surface area contributed by atoms with Crippen LogP contribution in [0.3, 0.4) is 0 Å². The van der Waals surface area contributed by atoms with E-state index >= 15 is 0 Å². The highest BCUT2D eigenvalue weighted by atomic mass is 15.4. The van der Waals surface area contributed by atoms with E-state index in [-0.39, 0.29) is 0 Å². The van der Waals surface area contributed by atoms with Crippen molar-refractivity contribution >= 4 is 5.82 Å². The predicted molar refractivity (Wildman–Crippen MR) is 52.6 cm³/mol. The third-order valence-electron chi connectivity index (χ3n) is 2.58. The average Bonchev–Trinajstić information content (AvgIpc) is 2.51. The number of hydrogen-bond acceptors (Lipinski definition) is 3. The van der Waals surface area contributed by atoms with E-state index in [0.717, 1.165) is 19.5 Å².